The summed E-state index contributed by atoms with van der Waals surface area (Å²) in [6, 6.07) is 9.11. The molecule has 0 N–H and O–H groups in total. The summed E-state index contributed by atoms with van der Waals surface area (Å²) < 4.78 is 0. The maximum absolute atomic E-state index is 5.70. The van der Waals surface area contributed by atoms with Gasteiger partial charge in [-0.2, -0.15) is 0 Å². The molecule has 0 saturated carbocycles. The molecule has 1 atom stereocenters. The van der Waals surface area contributed by atoms with Crippen molar-refractivity contribution in [2.75, 3.05) is 26.0 Å². The summed E-state index contributed by atoms with van der Waals surface area (Å²) in [7, 11) is 2.17. The molecule has 1 rings (SSSR count). The molecule has 2 heteroatoms. The van der Waals surface area contributed by atoms with Gasteiger partial charge in [0.2, 0.25) is 0 Å². The van der Waals surface area contributed by atoms with E-state index in [1.807, 2.05) is 0 Å². The zero-order valence-electron chi connectivity index (χ0n) is 12.0. The Morgan fingerprint density at radius 2 is 1.83 bits per heavy atom. The second-order valence-electron chi connectivity index (χ2n) is 5.15. The Balaban J connectivity index is 2.39. The quantitative estimate of drug-likeness (QED) is 0.635. The number of hydrogen-bond donors (Lipinski definition) is 0. The van der Waals surface area contributed by atoms with Crippen LogP contribution in [0.5, 0.6) is 0 Å². The number of alkyl halides is 1. The van der Waals surface area contributed by atoms with E-state index in [0.29, 0.717) is 5.92 Å². The van der Waals surface area contributed by atoms with Crippen molar-refractivity contribution < 1.29 is 0 Å². The van der Waals surface area contributed by atoms with Crippen molar-refractivity contribution in [1.29, 1.82) is 0 Å². The summed E-state index contributed by atoms with van der Waals surface area (Å²) in [5.41, 5.74) is 2.89. The monoisotopic (exact) mass is 267 g/mol. The molecule has 0 aliphatic heterocycles. The zero-order valence-corrected chi connectivity index (χ0v) is 12.7. The van der Waals surface area contributed by atoms with E-state index in [0.717, 1.165) is 31.8 Å². The number of hydrogen-bond acceptors (Lipinski definition) is 1. The van der Waals surface area contributed by atoms with E-state index in [-0.39, 0.29) is 0 Å². The van der Waals surface area contributed by atoms with Crippen molar-refractivity contribution in [3.8, 4) is 0 Å². The molecule has 1 unspecified atom stereocenters. The highest BCUT2D eigenvalue weighted by atomic mass is 35.5. The number of nitrogens with zero attached hydrogens (tertiary/aromatic N) is 1. The summed E-state index contributed by atoms with van der Waals surface area (Å²) in [5.74, 6) is 1.43. The minimum absolute atomic E-state index is 0.672. The summed E-state index contributed by atoms with van der Waals surface area (Å²) >= 11 is 5.70. The highest BCUT2D eigenvalue weighted by Gasteiger charge is 2.03. The lowest BCUT2D eigenvalue weighted by molar-refractivity contribution is 0.340. The third-order valence-electron chi connectivity index (χ3n) is 3.62. The molecule has 18 heavy (non-hydrogen) atoms. The van der Waals surface area contributed by atoms with Crippen LogP contribution >= 0.6 is 11.6 Å². The topological polar surface area (TPSA) is 3.24 Å². The van der Waals surface area contributed by atoms with Gasteiger partial charge in [0.15, 0.2) is 0 Å². The molecule has 1 aromatic rings. The van der Waals surface area contributed by atoms with Crippen LogP contribution in [0.25, 0.3) is 0 Å². The molecule has 0 amide bonds. The molecule has 0 spiro atoms. The van der Waals surface area contributed by atoms with Crippen molar-refractivity contribution in [1.82, 2.24) is 4.90 Å². The Hall–Kier alpha value is -0.530. The van der Waals surface area contributed by atoms with Gasteiger partial charge in [0, 0.05) is 12.4 Å². The smallest absolute Gasteiger partial charge is 0.0235 e. The minimum atomic E-state index is 0.672. The largest absolute Gasteiger partial charge is 0.306 e. The minimum Gasteiger partial charge on any atom is -0.306 e. The van der Waals surface area contributed by atoms with Gasteiger partial charge in [-0.15, -0.1) is 11.6 Å². The first-order valence-corrected chi connectivity index (χ1v) is 7.54. The lowest BCUT2D eigenvalue weighted by atomic mass is 9.97. The van der Waals surface area contributed by atoms with E-state index < -0.39 is 0 Å². The molecule has 0 heterocycles. The number of likely N-dealkylation sites (N-methyl/N-ethyl adjacent to an activating group) is 1. The van der Waals surface area contributed by atoms with Crippen molar-refractivity contribution in [2.45, 2.75) is 39.0 Å². The van der Waals surface area contributed by atoms with Crippen LogP contribution in [0.4, 0.5) is 0 Å². The van der Waals surface area contributed by atoms with Gasteiger partial charge in [-0.05, 0) is 49.9 Å². The third kappa shape index (κ3) is 5.41. The Kier molecular flexibility index (Phi) is 7.38. The molecule has 1 aromatic carbocycles. The van der Waals surface area contributed by atoms with Crippen LogP contribution < -0.4 is 0 Å². The molecule has 0 aliphatic rings. The fourth-order valence-electron chi connectivity index (χ4n) is 2.01. The SMILES string of the molecule is CCC(C)c1ccc(CCN(C)CCCCl)cc1. The number of rotatable bonds is 8. The first-order chi connectivity index (χ1) is 8.67. The molecular formula is C16H26ClN. The number of halogens is 1. The fraction of sp³-hybridized carbons (Fsp3) is 0.625. The summed E-state index contributed by atoms with van der Waals surface area (Å²) in [6.45, 7) is 6.73. The van der Waals surface area contributed by atoms with E-state index in [2.05, 4.69) is 50.1 Å². The predicted octanol–water partition coefficient (Wildman–Crippen LogP) is 4.30. The van der Waals surface area contributed by atoms with Crippen LogP contribution in [0.1, 0.15) is 43.7 Å². The lowest BCUT2D eigenvalue weighted by Gasteiger charge is -2.16. The van der Waals surface area contributed by atoms with Gasteiger partial charge in [-0.25, -0.2) is 0 Å². The molecule has 0 bridgehead atoms. The average Bonchev–Trinajstić information content (AvgIpc) is 2.42. The summed E-state index contributed by atoms with van der Waals surface area (Å²) in [4.78, 5) is 2.35. The molecule has 1 nitrogen and oxygen atoms in total. The van der Waals surface area contributed by atoms with Gasteiger partial charge < -0.3 is 4.90 Å². The molecule has 0 aliphatic carbocycles. The standard InChI is InChI=1S/C16H26ClN/c1-4-14(2)16-8-6-15(7-9-16)10-13-18(3)12-5-11-17/h6-9,14H,4-5,10-13H2,1-3H3. The van der Waals surface area contributed by atoms with Crippen LogP contribution in [0, 0.1) is 0 Å². The van der Waals surface area contributed by atoms with Gasteiger partial charge in [0.1, 0.15) is 0 Å². The Morgan fingerprint density at radius 1 is 1.17 bits per heavy atom. The third-order valence-corrected chi connectivity index (χ3v) is 3.88. The first kappa shape index (κ1) is 15.5. The van der Waals surface area contributed by atoms with E-state index in [9.17, 15) is 0 Å². The molecule has 0 fully saturated rings. The van der Waals surface area contributed by atoms with Crippen LogP contribution in [0.3, 0.4) is 0 Å². The normalized spacial score (nSPS) is 12.9. The van der Waals surface area contributed by atoms with Gasteiger partial charge >= 0.3 is 0 Å². The fourth-order valence-corrected chi connectivity index (χ4v) is 2.13. The average molecular weight is 268 g/mol. The molecule has 102 valence electrons. The Labute approximate surface area is 117 Å². The second kappa shape index (κ2) is 8.55. The van der Waals surface area contributed by atoms with Gasteiger partial charge in [0.25, 0.3) is 0 Å². The highest BCUT2D eigenvalue weighted by molar-refractivity contribution is 6.17. The van der Waals surface area contributed by atoms with E-state index in [4.69, 9.17) is 11.6 Å². The van der Waals surface area contributed by atoms with Gasteiger partial charge in [0.05, 0.1) is 0 Å². The van der Waals surface area contributed by atoms with Crippen molar-refractivity contribution >= 4 is 11.6 Å². The molecule has 0 radical (unpaired) electrons. The predicted molar refractivity (Wildman–Crippen MR) is 81.7 cm³/mol. The van der Waals surface area contributed by atoms with Crippen LogP contribution in [0.2, 0.25) is 0 Å². The van der Waals surface area contributed by atoms with E-state index >= 15 is 0 Å². The van der Waals surface area contributed by atoms with Gasteiger partial charge in [-0.1, -0.05) is 38.1 Å². The Morgan fingerprint density at radius 3 is 2.39 bits per heavy atom. The van der Waals surface area contributed by atoms with Gasteiger partial charge in [-0.3, -0.25) is 0 Å². The summed E-state index contributed by atoms with van der Waals surface area (Å²) in [6.07, 6.45) is 3.41. The van der Waals surface area contributed by atoms with E-state index in [1.165, 1.54) is 17.5 Å². The summed E-state index contributed by atoms with van der Waals surface area (Å²) in [5, 5.41) is 0. The van der Waals surface area contributed by atoms with E-state index in [1.54, 1.807) is 0 Å². The van der Waals surface area contributed by atoms with Crippen molar-refractivity contribution in [3.63, 3.8) is 0 Å². The highest BCUT2D eigenvalue weighted by Crippen LogP contribution is 2.18. The Bertz CT molecular complexity index is 320. The maximum Gasteiger partial charge on any atom is 0.0235 e. The zero-order chi connectivity index (χ0) is 13.4. The van der Waals surface area contributed by atoms with Crippen LogP contribution in [0.15, 0.2) is 24.3 Å². The first-order valence-electron chi connectivity index (χ1n) is 7.00. The molecule has 0 saturated heterocycles. The maximum atomic E-state index is 5.70. The van der Waals surface area contributed by atoms with Crippen LogP contribution in [-0.4, -0.2) is 30.9 Å². The number of benzene rings is 1. The lowest BCUT2D eigenvalue weighted by Crippen LogP contribution is -2.22. The van der Waals surface area contributed by atoms with Crippen LogP contribution in [-0.2, 0) is 6.42 Å². The molecular weight excluding hydrogens is 242 g/mol. The molecule has 0 aromatic heterocycles. The van der Waals surface area contributed by atoms with Crippen molar-refractivity contribution in [3.05, 3.63) is 35.4 Å². The van der Waals surface area contributed by atoms with Crippen molar-refractivity contribution in [2.24, 2.45) is 0 Å². The second-order valence-corrected chi connectivity index (χ2v) is 5.52.